The van der Waals surface area contributed by atoms with Crippen LogP contribution in [0.5, 0.6) is 0 Å². The Morgan fingerprint density at radius 3 is 1.20 bits per heavy atom. The first-order chi connectivity index (χ1) is 1.73. The molecule has 0 fully saturated rings. The third kappa shape index (κ3) is 19.4. The largest absolute Gasteiger partial charge is 1.00 e. The normalized spacial score (nSPS) is 9.00. The minimum Gasteiger partial charge on any atom is -1.00 e. The number of hydrogen-bond acceptors (Lipinski definition) is 0. The molecule has 0 aliphatic heterocycles. The monoisotopic (exact) mass is 200 g/mol. The van der Waals surface area contributed by atoms with Crippen LogP contribution in [0.25, 0.3) is 0 Å². The van der Waals surface area contributed by atoms with E-state index in [0.717, 1.165) is 0 Å². The summed E-state index contributed by atoms with van der Waals surface area (Å²) in [5, 5.41) is 0. The molecule has 0 saturated carbocycles. The predicted octanol–water partition coefficient (Wildman–Crippen LogP) is -0.818. The molecule has 0 aromatic heterocycles. The van der Waals surface area contributed by atoms with E-state index in [4.69, 9.17) is 30.3 Å². The van der Waals surface area contributed by atoms with E-state index in [1.165, 1.54) is 0 Å². The molecule has 5 heteroatoms. The first-order valence-electron chi connectivity index (χ1n) is 0.429. The summed E-state index contributed by atoms with van der Waals surface area (Å²) in [6, 6.07) is 0. The second-order valence-corrected chi connectivity index (χ2v) is 6.01. The van der Waals surface area contributed by atoms with Gasteiger partial charge < -0.3 is 1.43 Å². The molecule has 0 aliphatic rings. The van der Waals surface area contributed by atoms with Gasteiger partial charge in [-0.1, -0.05) is 0 Å². The van der Waals surface area contributed by atoms with E-state index >= 15 is 0 Å². The van der Waals surface area contributed by atoms with Gasteiger partial charge in [-0.3, -0.25) is 0 Å². The molecule has 0 rings (SSSR count). The fourth-order valence-electron chi connectivity index (χ4n) is 0. The Morgan fingerprint density at radius 2 is 1.20 bits per heavy atom. The average molecular weight is 201 g/mol. The van der Waals surface area contributed by atoms with E-state index in [1.807, 2.05) is 0 Å². The fourth-order valence-corrected chi connectivity index (χ4v) is 0. The van der Waals surface area contributed by atoms with Crippen LogP contribution in [0.3, 0.4) is 0 Å². The molecule has 0 aliphatic carbocycles. The quantitative estimate of drug-likeness (QED) is 0.450. The first-order valence-corrected chi connectivity index (χ1v) is 5.30. The van der Waals surface area contributed by atoms with Crippen molar-refractivity contribution < 1.29 is 64.0 Å². The van der Waals surface area contributed by atoms with Gasteiger partial charge in [-0.2, -0.15) is 0 Å². The third-order valence-electron chi connectivity index (χ3n) is 0. The summed E-state index contributed by atoms with van der Waals surface area (Å²) in [6.07, 6.45) is 0. The Morgan fingerprint density at radius 1 is 1.20 bits per heavy atom. The fraction of sp³-hybridized carbons (Fsp3) is 0. The van der Waals surface area contributed by atoms with Gasteiger partial charge in [0.1, 0.15) is 0 Å². The molecule has 0 aromatic carbocycles. The molecule has 0 N–H and O–H groups in total. The van der Waals surface area contributed by atoms with Crippen molar-refractivity contribution in [2.45, 2.75) is 0 Å². The van der Waals surface area contributed by atoms with Crippen LogP contribution >= 0.6 is 30.3 Å². The molecule has 0 bridgehead atoms. The van der Waals surface area contributed by atoms with Crippen LogP contribution in [-0.2, 0) is 11.2 Å². The van der Waals surface area contributed by atoms with Crippen LogP contribution in [0.15, 0.2) is 0 Å². The van der Waals surface area contributed by atoms with Gasteiger partial charge in [-0.25, -0.2) is 0 Å². The van der Waals surface area contributed by atoms with E-state index in [2.05, 4.69) is 0 Å². The van der Waals surface area contributed by atoms with Gasteiger partial charge >= 0.3 is 92.8 Å². The van der Waals surface area contributed by atoms with Crippen molar-refractivity contribution in [1.29, 1.82) is 0 Å². The Labute approximate surface area is 92.0 Å². The SMILES string of the molecule is [Cl][Mn]([Cl])[Cl].[H-].[K+]. The van der Waals surface area contributed by atoms with E-state index in [-0.39, 0.29) is 52.8 Å². The molecule has 0 saturated heterocycles. The predicted molar refractivity (Wildman–Crippen MR) is 18.7 cm³/mol. The third-order valence-corrected chi connectivity index (χ3v) is 0. The summed E-state index contributed by atoms with van der Waals surface area (Å²) in [5.41, 5.74) is 0. The first kappa shape index (κ1) is 10.9. The van der Waals surface area contributed by atoms with Crippen LogP contribution in [0.4, 0.5) is 0 Å². The minimum absolute atomic E-state index is 0. The second kappa shape index (κ2) is 7.03. The minimum atomic E-state index is -1.48. The number of rotatable bonds is 0. The molecular formula is HCl3KMn. The van der Waals surface area contributed by atoms with E-state index in [0.29, 0.717) is 0 Å². The van der Waals surface area contributed by atoms with Crippen molar-refractivity contribution >= 4 is 30.3 Å². The standard InChI is InChI=1S/3ClH.K.Mn.H/h3*1H;;;/q;;;+1;+3;-1/p-3. The maximum Gasteiger partial charge on any atom is 1.00 e. The van der Waals surface area contributed by atoms with Crippen molar-refractivity contribution in [2.75, 3.05) is 0 Å². The van der Waals surface area contributed by atoms with Crippen LogP contribution < -0.4 is 51.4 Å². The van der Waals surface area contributed by atoms with Gasteiger partial charge in [0.05, 0.1) is 0 Å². The smallest absolute Gasteiger partial charge is 1.00 e. The summed E-state index contributed by atoms with van der Waals surface area (Å²) in [7, 11) is 14.7. The summed E-state index contributed by atoms with van der Waals surface area (Å²) < 4.78 is 0. The molecule has 0 nitrogen and oxygen atoms in total. The molecule has 5 heavy (non-hydrogen) atoms. The van der Waals surface area contributed by atoms with Gasteiger partial charge in [-0.15, -0.1) is 0 Å². The van der Waals surface area contributed by atoms with Crippen LogP contribution in [0.1, 0.15) is 1.43 Å². The van der Waals surface area contributed by atoms with Crippen molar-refractivity contribution in [3.8, 4) is 0 Å². The molecule has 0 radical (unpaired) electrons. The van der Waals surface area contributed by atoms with Crippen molar-refractivity contribution in [2.24, 2.45) is 0 Å². The number of halogens is 3. The van der Waals surface area contributed by atoms with E-state index < -0.39 is 11.2 Å². The van der Waals surface area contributed by atoms with Gasteiger partial charge in [0, 0.05) is 0 Å². The summed E-state index contributed by atoms with van der Waals surface area (Å²) in [5.74, 6) is 0. The molecule has 0 heterocycles. The van der Waals surface area contributed by atoms with Crippen LogP contribution in [0, 0.1) is 0 Å². The van der Waals surface area contributed by atoms with E-state index in [1.54, 1.807) is 0 Å². The molecule has 0 spiro atoms. The Kier molecular flexibility index (Phi) is 15.3. The molecule has 0 aromatic rings. The van der Waals surface area contributed by atoms with Crippen molar-refractivity contribution in [3.63, 3.8) is 0 Å². The maximum atomic E-state index is 4.91. The van der Waals surface area contributed by atoms with Crippen molar-refractivity contribution in [1.82, 2.24) is 0 Å². The topological polar surface area (TPSA) is 0 Å². The zero-order chi connectivity index (χ0) is 3.58. The van der Waals surface area contributed by atoms with Gasteiger partial charge in [0.2, 0.25) is 0 Å². The van der Waals surface area contributed by atoms with Crippen molar-refractivity contribution in [3.05, 3.63) is 0 Å². The zero-order valence-electron chi connectivity index (χ0n) is 3.51. The molecular weight excluding hydrogens is 200 g/mol. The van der Waals surface area contributed by atoms with Crippen LogP contribution in [0.2, 0.25) is 0 Å². The summed E-state index contributed by atoms with van der Waals surface area (Å²) in [6.45, 7) is 0. The average Bonchev–Trinajstić information content (AvgIpc) is 0.811. The second-order valence-electron chi connectivity index (χ2n) is 0.162. The molecule has 0 amide bonds. The Balaban J connectivity index is -0.0000000450. The van der Waals surface area contributed by atoms with Gasteiger partial charge in [-0.05, 0) is 0 Å². The number of hydrogen-bond donors (Lipinski definition) is 0. The zero-order valence-corrected chi connectivity index (χ0v) is 9.08. The molecule has 0 atom stereocenters. The Bertz CT molecular complexity index is 15.5. The summed E-state index contributed by atoms with van der Waals surface area (Å²) >= 11 is -1.48. The van der Waals surface area contributed by atoms with E-state index in [9.17, 15) is 0 Å². The molecule has 30 valence electrons. The maximum absolute atomic E-state index is 4.91. The Hall–Kier alpha value is 3.03. The van der Waals surface area contributed by atoms with Gasteiger partial charge in [0.25, 0.3) is 0 Å². The van der Waals surface area contributed by atoms with Crippen LogP contribution in [-0.4, -0.2) is 0 Å². The summed E-state index contributed by atoms with van der Waals surface area (Å²) in [4.78, 5) is 0. The van der Waals surface area contributed by atoms with Gasteiger partial charge in [0.15, 0.2) is 0 Å². The molecule has 0 unspecified atom stereocenters.